The number of carbonyl (C=O) groups excluding carboxylic acids is 1. The molecule has 0 aromatic carbocycles. The van der Waals surface area contributed by atoms with E-state index in [1.807, 2.05) is 6.92 Å². The molecule has 1 aliphatic heterocycles. The number of amides is 1. The average molecular weight is 360 g/mol. The molecule has 0 aromatic heterocycles. The smallest absolute Gasteiger partial charge is 0.326 e. The zero-order valence-corrected chi connectivity index (χ0v) is 15.1. The van der Waals surface area contributed by atoms with Crippen LogP contribution in [0, 0.1) is 11.8 Å². The number of nitrogens with zero attached hydrogens (tertiary/aromatic N) is 1. The zero-order valence-electron chi connectivity index (χ0n) is 14.2. The third-order valence-electron chi connectivity index (χ3n) is 4.85. The van der Waals surface area contributed by atoms with Crippen LogP contribution in [0.2, 0.25) is 0 Å². The molecule has 1 saturated carbocycles. The van der Waals surface area contributed by atoms with Crippen LogP contribution in [0.1, 0.15) is 51.9 Å². The monoisotopic (exact) mass is 360 g/mol. The summed E-state index contributed by atoms with van der Waals surface area (Å²) >= 11 is 0. The van der Waals surface area contributed by atoms with Gasteiger partial charge in [-0.2, -0.15) is 0 Å². The molecule has 138 valence electrons. The highest BCUT2D eigenvalue weighted by atomic mass is 32.2. The van der Waals surface area contributed by atoms with E-state index < -0.39 is 22.0 Å². The van der Waals surface area contributed by atoms with E-state index in [9.17, 15) is 23.1 Å². The van der Waals surface area contributed by atoms with Gasteiger partial charge in [0, 0.05) is 19.0 Å². The van der Waals surface area contributed by atoms with Crippen LogP contribution in [0.5, 0.6) is 0 Å². The third kappa shape index (κ3) is 5.44. The Labute approximate surface area is 143 Å². The van der Waals surface area contributed by atoms with Crippen molar-refractivity contribution < 1.29 is 23.1 Å². The fourth-order valence-corrected chi connectivity index (χ4v) is 4.73. The lowest BCUT2D eigenvalue weighted by Gasteiger charge is -2.31. The second kappa shape index (κ2) is 8.29. The van der Waals surface area contributed by atoms with E-state index in [-0.39, 0.29) is 17.6 Å². The molecule has 0 radical (unpaired) electrons. The second-order valence-corrected chi connectivity index (χ2v) is 9.01. The van der Waals surface area contributed by atoms with Crippen molar-refractivity contribution in [2.24, 2.45) is 11.8 Å². The molecule has 1 saturated heterocycles. The maximum Gasteiger partial charge on any atom is 0.326 e. The molecule has 2 N–H and O–H groups in total. The Morgan fingerprint density at radius 2 is 1.83 bits per heavy atom. The summed E-state index contributed by atoms with van der Waals surface area (Å²) in [6.07, 6.45) is 4.94. The molecule has 2 fully saturated rings. The summed E-state index contributed by atoms with van der Waals surface area (Å²) in [5, 5.41) is 11.9. The van der Waals surface area contributed by atoms with Crippen molar-refractivity contribution in [3.63, 3.8) is 0 Å². The van der Waals surface area contributed by atoms with Crippen LogP contribution in [0.3, 0.4) is 0 Å². The Bertz CT molecular complexity index is 551. The minimum absolute atomic E-state index is 0.156. The maximum absolute atomic E-state index is 12.3. The van der Waals surface area contributed by atoms with Crippen molar-refractivity contribution in [3.05, 3.63) is 0 Å². The first-order valence-electron chi connectivity index (χ1n) is 8.84. The molecule has 2 aliphatic rings. The summed E-state index contributed by atoms with van der Waals surface area (Å²) in [6, 6.07) is -0.823. The normalized spacial score (nSPS) is 21.4. The van der Waals surface area contributed by atoms with Gasteiger partial charge in [-0.15, -0.1) is 0 Å². The first kappa shape index (κ1) is 19.2. The number of sulfonamides is 1. The molecule has 2 rings (SSSR count). The summed E-state index contributed by atoms with van der Waals surface area (Å²) in [7, 11) is -3.23. The van der Waals surface area contributed by atoms with E-state index in [0.29, 0.717) is 44.7 Å². The molecule has 0 spiro atoms. The molecule has 1 unspecified atom stereocenters. The van der Waals surface area contributed by atoms with Gasteiger partial charge in [-0.25, -0.2) is 17.5 Å². The van der Waals surface area contributed by atoms with Crippen LogP contribution < -0.4 is 5.32 Å². The van der Waals surface area contributed by atoms with E-state index in [2.05, 4.69) is 5.32 Å². The lowest BCUT2D eigenvalue weighted by atomic mass is 9.96. The molecular weight excluding hydrogens is 332 g/mol. The largest absolute Gasteiger partial charge is 0.480 e. The first-order valence-corrected chi connectivity index (χ1v) is 10.5. The molecule has 1 amide bonds. The average Bonchev–Trinajstić information content (AvgIpc) is 3.36. The lowest BCUT2D eigenvalue weighted by Crippen LogP contribution is -2.48. The predicted molar refractivity (Wildman–Crippen MR) is 89.9 cm³/mol. The molecular formula is C16H28N2O5S. The highest BCUT2D eigenvalue weighted by Gasteiger charge is 2.34. The number of aliphatic carboxylic acids is 1. The van der Waals surface area contributed by atoms with Gasteiger partial charge in [0.15, 0.2) is 0 Å². The topological polar surface area (TPSA) is 104 Å². The quantitative estimate of drug-likeness (QED) is 0.643. The fraction of sp³-hybridized carbons (Fsp3) is 0.875. The van der Waals surface area contributed by atoms with Crippen LogP contribution in [-0.2, 0) is 19.6 Å². The van der Waals surface area contributed by atoms with E-state index >= 15 is 0 Å². The van der Waals surface area contributed by atoms with E-state index in [1.54, 1.807) is 0 Å². The molecule has 1 heterocycles. The van der Waals surface area contributed by atoms with Crippen LogP contribution in [0.15, 0.2) is 0 Å². The predicted octanol–water partition coefficient (Wildman–Crippen LogP) is 1.20. The number of hydrogen-bond acceptors (Lipinski definition) is 4. The Hall–Kier alpha value is -1.15. The number of carboxylic acid groups (broad SMARTS) is 1. The van der Waals surface area contributed by atoms with Crippen LogP contribution >= 0.6 is 0 Å². The van der Waals surface area contributed by atoms with Gasteiger partial charge in [-0.05, 0) is 31.6 Å². The van der Waals surface area contributed by atoms with Gasteiger partial charge in [0.2, 0.25) is 15.9 Å². The number of unbranched alkanes of at least 4 members (excludes halogenated alkanes) is 1. The number of carbonyl (C=O) groups is 2. The van der Waals surface area contributed by atoms with Crippen molar-refractivity contribution in [2.75, 3.05) is 18.8 Å². The van der Waals surface area contributed by atoms with Crippen molar-refractivity contribution >= 4 is 21.9 Å². The number of rotatable bonds is 9. The fourth-order valence-electron chi connectivity index (χ4n) is 3.05. The third-order valence-corrected chi connectivity index (χ3v) is 6.81. The highest BCUT2D eigenvalue weighted by molar-refractivity contribution is 7.89. The molecule has 1 atom stereocenters. The molecule has 0 aromatic rings. The lowest BCUT2D eigenvalue weighted by molar-refractivity contribution is -0.143. The first-order chi connectivity index (χ1) is 11.3. The van der Waals surface area contributed by atoms with E-state index in [4.69, 9.17) is 0 Å². The minimum atomic E-state index is -3.23. The van der Waals surface area contributed by atoms with Gasteiger partial charge in [-0.3, -0.25) is 4.79 Å². The number of carboxylic acids is 1. The summed E-state index contributed by atoms with van der Waals surface area (Å²) in [5.74, 6) is -0.979. The Morgan fingerprint density at radius 1 is 1.21 bits per heavy atom. The molecule has 24 heavy (non-hydrogen) atoms. The van der Waals surface area contributed by atoms with Gasteiger partial charge < -0.3 is 10.4 Å². The Morgan fingerprint density at radius 3 is 2.33 bits per heavy atom. The maximum atomic E-state index is 12.3. The van der Waals surface area contributed by atoms with Gasteiger partial charge in [0.05, 0.1) is 5.75 Å². The summed E-state index contributed by atoms with van der Waals surface area (Å²) < 4.78 is 25.8. The number of nitrogens with one attached hydrogen (secondary N) is 1. The molecule has 1 aliphatic carbocycles. The van der Waals surface area contributed by atoms with Gasteiger partial charge >= 0.3 is 5.97 Å². The second-order valence-electron chi connectivity index (χ2n) is 6.92. The molecule has 0 bridgehead atoms. The van der Waals surface area contributed by atoms with Crippen LogP contribution in [0.4, 0.5) is 0 Å². The van der Waals surface area contributed by atoms with Crippen molar-refractivity contribution in [3.8, 4) is 0 Å². The Kier molecular flexibility index (Phi) is 6.62. The van der Waals surface area contributed by atoms with E-state index in [1.165, 1.54) is 4.31 Å². The number of piperidine rings is 1. The van der Waals surface area contributed by atoms with Crippen LogP contribution in [0.25, 0.3) is 0 Å². The summed E-state index contributed by atoms with van der Waals surface area (Å²) in [5.41, 5.74) is 0. The standard InChI is InChI=1S/C16H28N2O5S/c1-2-3-10-24(22,23)18-8-6-13(7-9-18)15(19)17-14(16(20)21)11-12-4-5-12/h12-14H,2-11H2,1H3,(H,17,19)(H,20,21). The zero-order chi connectivity index (χ0) is 17.7. The molecule has 7 nitrogen and oxygen atoms in total. The minimum Gasteiger partial charge on any atom is -0.480 e. The molecule has 8 heteroatoms. The van der Waals surface area contributed by atoms with Gasteiger partial charge in [-0.1, -0.05) is 26.2 Å². The van der Waals surface area contributed by atoms with Gasteiger partial charge in [0.25, 0.3) is 0 Å². The summed E-state index contributed by atoms with van der Waals surface area (Å²) in [6.45, 7) is 2.63. The number of hydrogen-bond donors (Lipinski definition) is 2. The highest BCUT2D eigenvalue weighted by Crippen LogP contribution is 2.33. The SMILES string of the molecule is CCCCS(=O)(=O)N1CCC(C(=O)NC(CC2CC2)C(=O)O)CC1. The van der Waals surface area contributed by atoms with Crippen molar-refractivity contribution in [1.82, 2.24) is 9.62 Å². The summed E-state index contributed by atoms with van der Waals surface area (Å²) in [4.78, 5) is 23.6. The van der Waals surface area contributed by atoms with Crippen LogP contribution in [-0.4, -0.2) is 54.6 Å². The van der Waals surface area contributed by atoms with Crippen molar-refractivity contribution in [1.29, 1.82) is 0 Å². The van der Waals surface area contributed by atoms with Gasteiger partial charge in [0.1, 0.15) is 6.04 Å². The Balaban J connectivity index is 1.82. The van der Waals surface area contributed by atoms with E-state index in [0.717, 1.165) is 19.3 Å². The van der Waals surface area contributed by atoms with Crippen molar-refractivity contribution in [2.45, 2.75) is 57.9 Å².